The molecule has 0 fully saturated rings. The number of carboxylic acid groups (broad SMARTS) is 3. The summed E-state index contributed by atoms with van der Waals surface area (Å²) in [6.45, 7) is 7.67. The monoisotopic (exact) mass is 570 g/mol. The number of nitrogens with zero attached hydrogens (tertiary/aromatic N) is 3. The number of benzene rings is 1. The summed E-state index contributed by atoms with van der Waals surface area (Å²) in [5.74, 6) is -2.99. The van der Waals surface area contributed by atoms with Crippen LogP contribution in [-0.2, 0) is 38.9 Å². The normalized spacial score (nSPS) is 10.9. The molecule has 9 nitrogen and oxygen atoms in total. The zero-order valence-electron chi connectivity index (χ0n) is 24.1. The van der Waals surface area contributed by atoms with Gasteiger partial charge in [0.1, 0.15) is 16.7 Å². The average Bonchev–Trinajstić information content (AvgIpc) is 2.98. The maximum atomic E-state index is 11.7. The van der Waals surface area contributed by atoms with Crippen LogP contribution in [-0.4, -0.2) is 33.2 Å². The smallest absolute Gasteiger partial charge is 0.341 e. The SMILES string of the molecule is CCc1c(C[n+]2cccc(C(=O)O)c2)c(CC)c(C[n+]2cccc(C(=O)O)c2)c(CC)c1C[n+]1cccc(C(=O)O)c1. The van der Waals surface area contributed by atoms with Crippen LogP contribution in [0.4, 0.5) is 0 Å². The Morgan fingerprint density at radius 1 is 0.500 bits per heavy atom. The van der Waals surface area contributed by atoms with Gasteiger partial charge in [-0.3, -0.25) is 0 Å². The summed E-state index contributed by atoms with van der Waals surface area (Å²) in [6, 6.07) is 9.87. The molecular formula is C33H36N3O6+3. The lowest BCUT2D eigenvalue weighted by Gasteiger charge is -2.23. The van der Waals surface area contributed by atoms with Gasteiger partial charge in [-0.05, 0) is 54.2 Å². The summed E-state index contributed by atoms with van der Waals surface area (Å²) in [7, 11) is 0. The molecule has 4 rings (SSSR count). The van der Waals surface area contributed by atoms with Crippen molar-refractivity contribution >= 4 is 17.9 Å². The number of aromatic nitrogens is 3. The molecule has 0 aliphatic heterocycles. The number of carboxylic acids is 3. The van der Waals surface area contributed by atoms with E-state index < -0.39 is 17.9 Å². The Bertz CT molecular complexity index is 1450. The number of aromatic carboxylic acids is 3. The Morgan fingerprint density at radius 2 is 0.762 bits per heavy atom. The van der Waals surface area contributed by atoms with E-state index in [4.69, 9.17) is 0 Å². The van der Waals surface area contributed by atoms with Crippen molar-refractivity contribution in [3.8, 4) is 0 Å². The fraction of sp³-hybridized carbons (Fsp3) is 0.273. The molecule has 0 aliphatic rings. The van der Waals surface area contributed by atoms with E-state index in [9.17, 15) is 29.7 Å². The van der Waals surface area contributed by atoms with Gasteiger partial charge in [0.05, 0.1) is 0 Å². The Labute approximate surface area is 244 Å². The summed E-state index contributed by atoms with van der Waals surface area (Å²) >= 11 is 0. The summed E-state index contributed by atoms with van der Waals surface area (Å²) in [4.78, 5) is 35.1. The third kappa shape index (κ3) is 6.52. The third-order valence-corrected chi connectivity index (χ3v) is 7.58. The molecule has 42 heavy (non-hydrogen) atoms. The molecule has 1 aromatic carbocycles. The van der Waals surface area contributed by atoms with Crippen LogP contribution >= 0.6 is 0 Å². The Kier molecular flexibility index (Phi) is 9.42. The number of carbonyl (C=O) groups is 3. The van der Waals surface area contributed by atoms with Crippen molar-refractivity contribution in [2.45, 2.75) is 59.7 Å². The largest absolute Gasteiger partial charge is 0.477 e. The van der Waals surface area contributed by atoms with Crippen LogP contribution in [0.2, 0.25) is 0 Å². The molecule has 216 valence electrons. The lowest BCUT2D eigenvalue weighted by molar-refractivity contribution is -0.690. The third-order valence-electron chi connectivity index (χ3n) is 7.58. The van der Waals surface area contributed by atoms with Crippen molar-refractivity contribution in [3.05, 3.63) is 124 Å². The van der Waals surface area contributed by atoms with Gasteiger partial charge in [0, 0.05) is 34.9 Å². The molecule has 4 aromatic rings. The highest BCUT2D eigenvalue weighted by Crippen LogP contribution is 2.31. The van der Waals surface area contributed by atoms with E-state index in [1.807, 2.05) is 32.3 Å². The second-order valence-electron chi connectivity index (χ2n) is 10.1. The predicted octanol–water partition coefficient (Wildman–Crippen LogP) is 3.48. The Hall–Kier alpha value is -4.92. The highest BCUT2D eigenvalue weighted by atomic mass is 16.4. The first-order valence-corrected chi connectivity index (χ1v) is 14.0. The summed E-state index contributed by atoms with van der Waals surface area (Å²) in [6.07, 6.45) is 12.6. The molecule has 9 heteroatoms. The molecule has 3 heterocycles. The fourth-order valence-corrected chi connectivity index (χ4v) is 5.73. The first-order valence-electron chi connectivity index (χ1n) is 14.0. The molecule has 0 unspecified atom stereocenters. The predicted molar refractivity (Wildman–Crippen MR) is 153 cm³/mol. The van der Waals surface area contributed by atoms with Crippen molar-refractivity contribution < 1.29 is 43.4 Å². The van der Waals surface area contributed by atoms with Gasteiger partial charge in [-0.15, -0.1) is 0 Å². The number of hydrogen-bond donors (Lipinski definition) is 3. The summed E-state index contributed by atoms with van der Waals surface area (Å²) < 4.78 is 5.64. The van der Waals surface area contributed by atoms with E-state index in [1.54, 1.807) is 55.0 Å². The molecule has 0 saturated carbocycles. The van der Waals surface area contributed by atoms with Crippen LogP contribution in [0.1, 0.15) is 85.2 Å². The van der Waals surface area contributed by atoms with Crippen molar-refractivity contribution in [2.75, 3.05) is 0 Å². The van der Waals surface area contributed by atoms with E-state index in [0.717, 1.165) is 52.6 Å². The van der Waals surface area contributed by atoms with Crippen LogP contribution in [0.15, 0.2) is 73.6 Å². The molecule has 3 N–H and O–H groups in total. The van der Waals surface area contributed by atoms with E-state index >= 15 is 0 Å². The quantitative estimate of drug-likeness (QED) is 0.224. The zero-order chi connectivity index (χ0) is 30.4. The minimum absolute atomic E-state index is 0.196. The number of hydrogen-bond acceptors (Lipinski definition) is 3. The van der Waals surface area contributed by atoms with Gasteiger partial charge in [-0.25, -0.2) is 14.4 Å². The van der Waals surface area contributed by atoms with E-state index in [0.29, 0.717) is 19.6 Å². The molecule has 0 aliphatic carbocycles. The van der Waals surface area contributed by atoms with Crippen molar-refractivity contribution in [1.29, 1.82) is 0 Å². The molecule has 0 saturated heterocycles. The van der Waals surface area contributed by atoms with Gasteiger partial charge < -0.3 is 15.3 Å². The minimum atomic E-state index is -0.997. The standard InChI is InChI=1S/C33H33N3O6/c1-4-25-28(19-34-13-7-10-22(16-34)31(37)38)26(5-2)30(21-36-15-9-12-24(18-36)33(41)42)27(6-3)29(25)20-35-14-8-11-23(17-35)32(39)40/h7-18H,4-6,19-21H2,1-3H3/p+3. The highest BCUT2D eigenvalue weighted by Gasteiger charge is 2.28. The zero-order valence-corrected chi connectivity index (χ0v) is 24.1. The van der Waals surface area contributed by atoms with Gasteiger partial charge in [-0.1, -0.05) is 20.8 Å². The topological polar surface area (TPSA) is 124 Å². The van der Waals surface area contributed by atoms with Crippen molar-refractivity contribution in [3.63, 3.8) is 0 Å². The van der Waals surface area contributed by atoms with E-state index in [-0.39, 0.29) is 16.7 Å². The van der Waals surface area contributed by atoms with Crippen molar-refractivity contribution in [1.82, 2.24) is 0 Å². The van der Waals surface area contributed by atoms with Crippen LogP contribution in [0, 0.1) is 0 Å². The Balaban J connectivity index is 1.97. The fourth-order valence-electron chi connectivity index (χ4n) is 5.73. The molecule has 0 amide bonds. The molecular weight excluding hydrogens is 534 g/mol. The summed E-state index contributed by atoms with van der Waals surface area (Å²) in [5.41, 5.74) is 7.33. The van der Waals surface area contributed by atoms with Crippen LogP contribution in [0.3, 0.4) is 0 Å². The summed E-state index contributed by atoms with van der Waals surface area (Å²) in [5, 5.41) is 28.7. The van der Waals surface area contributed by atoms with Gasteiger partial charge in [0.25, 0.3) is 0 Å². The number of pyridine rings is 3. The van der Waals surface area contributed by atoms with Crippen LogP contribution in [0.25, 0.3) is 0 Å². The minimum Gasteiger partial charge on any atom is -0.477 e. The van der Waals surface area contributed by atoms with Crippen LogP contribution in [0.5, 0.6) is 0 Å². The highest BCUT2D eigenvalue weighted by molar-refractivity contribution is 5.87. The maximum Gasteiger partial charge on any atom is 0.341 e. The molecule has 0 bridgehead atoms. The van der Waals surface area contributed by atoms with Gasteiger partial charge in [0.15, 0.2) is 56.8 Å². The van der Waals surface area contributed by atoms with Crippen LogP contribution < -0.4 is 13.7 Å². The number of rotatable bonds is 12. The first kappa shape index (κ1) is 30.0. The average molecular weight is 571 g/mol. The molecule has 3 aromatic heterocycles. The lowest BCUT2D eigenvalue weighted by atomic mass is 9.83. The molecule has 0 atom stereocenters. The first-order chi connectivity index (χ1) is 20.2. The van der Waals surface area contributed by atoms with Gasteiger partial charge in [0.2, 0.25) is 0 Å². The Morgan fingerprint density at radius 3 is 0.976 bits per heavy atom. The maximum absolute atomic E-state index is 11.7. The van der Waals surface area contributed by atoms with Gasteiger partial charge in [-0.2, -0.15) is 13.7 Å². The molecule has 0 spiro atoms. The van der Waals surface area contributed by atoms with Crippen molar-refractivity contribution in [2.24, 2.45) is 0 Å². The van der Waals surface area contributed by atoms with E-state index in [2.05, 4.69) is 20.8 Å². The molecule has 0 radical (unpaired) electrons. The van der Waals surface area contributed by atoms with Gasteiger partial charge >= 0.3 is 17.9 Å². The van der Waals surface area contributed by atoms with E-state index in [1.165, 1.54) is 0 Å². The second kappa shape index (κ2) is 13.2. The second-order valence-corrected chi connectivity index (χ2v) is 10.1. The lowest BCUT2D eigenvalue weighted by Crippen LogP contribution is -2.40.